The summed E-state index contributed by atoms with van der Waals surface area (Å²) < 4.78 is 39.8. The first-order valence-corrected chi connectivity index (χ1v) is 10.9. The number of rotatable bonds is 5. The number of alkyl halides is 3. The first kappa shape index (κ1) is 22.0. The predicted octanol–water partition coefficient (Wildman–Crippen LogP) is 4.33. The zero-order valence-corrected chi connectivity index (χ0v) is 17.7. The fourth-order valence-electron chi connectivity index (χ4n) is 3.90. The molecule has 2 aromatic heterocycles. The fourth-order valence-corrected chi connectivity index (χ4v) is 4.59. The van der Waals surface area contributed by atoms with Crippen molar-refractivity contribution in [3.05, 3.63) is 87.9 Å². The smallest absolute Gasteiger partial charge is 0.352 e. The van der Waals surface area contributed by atoms with Crippen molar-refractivity contribution >= 4 is 23.2 Å². The number of amides is 2. The number of nitrogens with one attached hydrogen (secondary N) is 1. The molecule has 3 heterocycles. The van der Waals surface area contributed by atoms with Gasteiger partial charge in [-0.1, -0.05) is 30.3 Å². The first-order valence-electron chi connectivity index (χ1n) is 9.99. The Kier molecular flexibility index (Phi) is 6.27. The number of carbonyl (C=O) groups excluding carboxylic acids is 2. The Morgan fingerprint density at radius 3 is 2.66 bits per heavy atom. The van der Waals surface area contributed by atoms with Crippen molar-refractivity contribution in [1.29, 1.82) is 0 Å². The van der Waals surface area contributed by atoms with Gasteiger partial charge in [0.05, 0.1) is 16.4 Å². The summed E-state index contributed by atoms with van der Waals surface area (Å²) >= 11 is 1.29. The molecule has 0 radical (unpaired) electrons. The Morgan fingerprint density at radius 2 is 1.97 bits per heavy atom. The summed E-state index contributed by atoms with van der Waals surface area (Å²) in [5.41, 5.74) is 0.427. The summed E-state index contributed by atoms with van der Waals surface area (Å²) in [6.07, 6.45) is -1.23. The minimum atomic E-state index is -4.49. The molecule has 0 saturated carbocycles. The van der Waals surface area contributed by atoms with E-state index in [1.165, 1.54) is 17.4 Å². The van der Waals surface area contributed by atoms with Gasteiger partial charge in [0.1, 0.15) is 0 Å². The van der Waals surface area contributed by atoms with Gasteiger partial charge in [-0.3, -0.25) is 14.6 Å². The molecule has 1 aromatic carbocycles. The van der Waals surface area contributed by atoms with Crippen molar-refractivity contribution in [2.45, 2.75) is 18.6 Å². The van der Waals surface area contributed by atoms with E-state index in [-0.39, 0.29) is 31.4 Å². The van der Waals surface area contributed by atoms with Gasteiger partial charge in [0, 0.05) is 37.9 Å². The second kappa shape index (κ2) is 9.12. The minimum Gasteiger partial charge on any atom is -0.352 e. The van der Waals surface area contributed by atoms with E-state index >= 15 is 0 Å². The molecule has 9 heteroatoms. The predicted molar refractivity (Wildman–Crippen MR) is 114 cm³/mol. The Morgan fingerprint density at radius 1 is 1.12 bits per heavy atom. The van der Waals surface area contributed by atoms with E-state index in [1.54, 1.807) is 46.9 Å². The Labute approximate surface area is 186 Å². The highest BCUT2D eigenvalue weighted by molar-refractivity contribution is 7.12. The topological polar surface area (TPSA) is 62.3 Å². The van der Waals surface area contributed by atoms with Crippen LogP contribution in [0, 0.1) is 5.92 Å². The molecule has 166 valence electrons. The van der Waals surface area contributed by atoms with Crippen LogP contribution in [0.3, 0.4) is 0 Å². The molecule has 1 N–H and O–H groups in total. The summed E-state index contributed by atoms with van der Waals surface area (Å²) in [7, 11) is 0. The lowest BCUT2D eigenvalue weighted by Gasteiger charge is -2.19. The molecule has 1 aliphatic heterocycles. The van der Waals surface area contributed by atoms with E-state index in [2.05, 4.69) is 10.3 Å². The average Bonchev–Trinajstić information content (AvgIpc) is 3.48. The van der Waals surface area contributed by atoms with Crippen LogP contribution in [0.2, 0.25) is 0 Å². The molecule has 2 amide bonds. The largest absolute Gasteiger partial charge is 0.416 e. The van der Waals surface area contributed by atoms with Crippen molar-refractivity contribution in [2.75, 3.05) is 13.1 Å². The molecular weight excluding hydrogens is 439 g/mol. The second-order valence-electron chi connectivity index (χ2n) is 7.60. The van der Waals surface area contributed by atoms with E-state index in [9.17, 15) is 22.8 Å². The van der Waals surface area contributed by atoms with Crippen LogP contribution in [0.15, 0.2) is 66.3 Å². The molecule has 4 rings (SSSR count). The highest BCUT2D eigenvalue weighted by atomic mass is 32.1. The van der Waals surface area contributed by atoms with Crippen LogP contribution < -0.4 is 5.32 Å². The van der Waals surface area contributed by atoms with Crippen LogP contribution in [-0.2, 0) is 17.5 Å². The second-order valence-corrected chi connectivity index (χ2v) is 8.55. The summed E-state index contributed by atoms with van der Waals surface area (Å²) in [6.45, 7) is 0.552. The van der Waals surface area contributed by atoms with Gasteiger partial charge in [0.25, 0.3) is 5.91 Å². The number of likely N-dealkylation sites (tertiary alicyclic amines) is 1. The van der Waals surface area contributed by atoms with Crippen LogP contribution in [0.1, 0.15) is 32.3 Å². The normalized spacial score (nSPS) is 18.5. The Hall–Kier alpha value is -3.20. The molecule has 1 fully saturated rings. The third-order valence-electron chi connectivity index (χ3n) is 5.51. The van der Waals surface area contributed by atoms with Gasteiger partial charge in [-0.15, -0.1) is 11.3 Å². The number of hydrogen-bond donors (Lipinski definition) is 1. The standard InChI is InChI=1S/C23H20F3N3O2S/c24-23(25,26)17-6-1-5-16(10-17)18-13-29(22(31)20-7-3-9-32-20)14-19(18)21(30)28-12-15-4-2-8-27-11-15/h1-11,18-19H,12-14H2,(H,28,30). The zero-order valence-electron chi connectivity index (χ0n) is 16.9. The minimum absolute atomic E-state index is 0.135. The number of thiophene rings is 1. The molecule has 1 saturated heterocycles. The van der Waals surface area contributed by atoms with Crippen molar-refractivity contribution < 1.29 is 22.8 Å². The number of halogens is 3. The van der Waals surface area contributed by atoms with Gasteiger partial charge in [-0.2, -0.15) is 13.2 Å². The quantitative estimate of drug-likeness (QED) is 0.618. The summed E-state index contributed by atoms with van der Waals surface area (Å²) in [4.78, 5) is 32.0. The lowest BCUT2D eigenvalue weighted by atomic mass is 9.87. The molecule has 2 unspecified atom stereocenters. The SMILES string of the molecule is O=C(NCc1cccnc1)C1CN(C(=O)c2cccs2)CC1c1cccc(C(F)(F)F)c1. The lowest BCUT2D eigenvalue weighted by molar-refractivity contribution is -0.137. The van der Waals surface area contributed by atoms with Crippen LogP contribution in [-0.4, -0.2) is 34.8 Å². The number of benzene rings is 1. The maximum Gasteiger partial charge on any atom is 0.416 e. The van der Waals surface area contributed by atoms with Crippen LogP contribution >= 0.6 is 11.3 Å². The van der Waals surface area contributed by atoms with E-state index in [1.807, 2.05) is 6.07 Å². The maximum absolute atomic E-state index is 13.3. The molecule has 2 atom stereocenters. The Balaban J connectivity index is 1.58. The fraction of sp³-hybridized carbons (Fsp3) is 0.261. The third-order valence-corrected chi connectivity index (χ3v) is 6.37. The van der Waals surface area contributed by atoms with Gasteiger partial charge < -0.3 is 10.2 Å². The molecule has 5 nitrogen and oxygen atoms in total. The summed E-state index contributed by atoms with van der Waals surface area (Å²) in [5, 5.41) is 4.63. The number of hydrogen-bond acceptors (Lipinski definition) is 4. The van der Waals surface area contributed by atoms with E-state index < -0.39 is 23.6 Å². The van der Waals surface area contributed by atoms with Gasteiger partial charge in [0.15, 0.2) is 0 Å². The Bertz CT molecular complexity index is 1090. The van der Waals surface area contributed by atoms with E-state index in [0.29, 0.717) is 10.4 Å². The molecular formula is C23H20F3N3O2S. The monoisotopic (exact) mass is 459 g/mol. The number of pyridine rings is 1. The molecule has 3 aromatic rings. The van der Waals surface area contributed by atoms with Gasteiger partial charge in [0.2, 0.25) is 5.91 Å². The number of carbonyl (C=O) groups is 2. The van der Waals surface area contributed by atoms with Gasteiger partial charge in [-0.05, 0) is 34.7 Å². The third kappa shape index (κ3) is 4.83. The molecule has 0 bridgehead atoms. The summed E-state index contributed by atoms with van der Waals surface area (Å²) in [6, 6.07) is 12.0. The zero-order chi connectivity index (χ0) is 22.7. The first-order chi connectivity index (χ1) is 15.3. The van der Waals surface area contributed by atoms with Crippen LogP contribution in [0.4, 0.5) is 13.2 Å². The molecule has 0 aliphatic carbocycles. The highest BCUT2D eigenvalue weighted by Gasteiger charge is 2.41. The summed E-state index contributed by atoms with van der Waals surface area (Å²) in [5.74, 6) is -1.74. The van der Waals surface area contributed by atoms with Gasteiger partial charge >= 0.3 is 6.18 Å². The van der Waals surface area contributed by atoms with Gasteiger partial charge in [-0.25, -0.2) is 0 Å². The average molecular weight is 459 g/mol. The van der Waals surface area contributed by atoms with E-state index in [4.69, 9.17) is 0 Å². The van der Waals surface area contributed by atoms with E-state index in [0.717, 1.165) is 17.7 Å². The van der Waals surface area contributed by atoms with Crippen molar-refractivity contribution in [3.63, 3.8) is 0 Å². The highest BCUT2D eigenvalue weighted by Crippen LogP contribution is 2.37. The number of nitrogens with zero attached hydrogens (tertiary/aromatic N) is 2. The van der Waals surface area contributed by atoms with Crippen molar-refractivity contribution in [2.24, 2.45) is 5.92 Å². The maximum atomic E-state index is 13.3. The molecule has 1 aliphatic rings. The van der Waals surface area contributed by atoms with Crippen LogP contribution in [0.25, 0.3) is 0 Å². The lowest BCUT2D eigenvalue weighted by Crippen LogP contribution is -2.35. The number of aromatic nitrogens is 1. The van der Waals surface area contributed by atoms with Crippen LogP contribution in [0.5, 0.6) is 0 Å². The van der Waals surface area contributed by atoms with Crippen molar-refractivity contribution in [3.8, 4) is 0 Å². The molecule has 32 heavy (non-hydrogen) atoms. The molecule has 0 spiro atoms. The van der Waals surface area contributed by atoms with Crippen molar-refractivity contribution in [1.82, 2.24) is 15.2 Å².